The summed E-state index contributed by atoms with van der Waals surface area (Å²) in [6, 6.07) is 12.1. The third kappa shape index (κ3) is 3.72. The van der Waals surface area contributed by atoms with E-state index in [0.29, 0.717) is 49.7 Å². The summed E-state index contributed by atoms with van der Waals surface area (Å²) < 4.78 is 5.15. The van der Waals surface area contributed by atoms with E-state index in [0.717, 1.165) is 0 Å². The molecule has 1 unspecified atom stereocenters. The third-order valence-corrected chi connectivity index (χ3v) is 5.39. The first-order valence-corrected chi connectivity index (χ1v) is 9.49. The predicted octanol–water partition coefficient (Wildman–Crippen LogP) is 1.49. The zero-order valence-corrected chi connectivity index (χ0v) is 15.8. The highest BCUT2D eigenvalue weighted by Crippen LogP contribution is 2.27. The number of amides is 3. The van der Waals surface area contributed by atoms with E-state index < -0.39 is 5.92 Å². The van der Waals surface area contributed by atoms with Gasteiger partial charge in [0.2, 0.25) is 11.8 Å². The molecule has 2 fully saturated rings. The molecule has 2 aliphatic rings. The highest BCUT2D eigenvalue weighted by Gasteiger charge is 2.38. The minimum absolute atomic E-state index is 0.0559. The number of benzene rings is 1. The molecule has 4 rings (SSSR count). The summed E-state index contributed by atoms with van der Waals surface area (Å²) in [5.74, 6) is -0.431. The standard InChI is InChI=1S/C21H20N4O4/c22-13-15-3-5-17(6-4-15)25-14-16(12-19(25)26)20(27)23-7-9-24(10-8-23)21(28)18-2-1-11-29-18/h1-6,11,16H,7-10,12,14H2. The van der Waals surface area contributed by atoms with Crippen molar-refractivity contribution < 1.29 is 18.8 Å². The van der Waals surface area contributed by atoms with Crippen molar-refractivity contribution in [1.29, 1.82) is 5.26 Å². The molecular weight excluding hydrogens is 372 g/mol. The molecular formula is C21H20N4O4. The lowest BCUT2D eigenvalue weighted by molar-refractivity contribution is -0.137. The van der Waals surface area contributed by atoms with Gasteiger partial charge >= 0.3 is 0 Å². The second-order valence-electron chi connectivity index (χ2n) is 7.16. The molecule has 8 nitrogen and oxygen atoms in total. The van der Waals surface area contributed by atoms with E-state index in [2.05, 4.69) is 0 Å². The van der Waals surface area contributed by atoms with Gasteiger partial charge < -0.3 is 19.1 Å². The van der Waals surface area contributed by atoms with Crippen molar-refractivity contribution in [1.82, 2.24) is 9.80 Å². The highest BCUT2D eigenvalue weighted by molar-refractivity contribution is 6.00. The van der Waals surface area contributed by atoms with E-state index in [1.807, 2.05) is 6.07 Å². The number of piperazine rings is 1. The van der Waals surface area contributed by atoms with Crippen molar-refractivity contribution in [2.24, 2.45) is 5.92 Å². The maximum absolute atomic E-state index is 12.9. The van der Waals surface area contributed by atoms with Gasteiger partial charge in [0.1, 0.15) is 0 Å². The number of anilines is 1. The lowest BCUT2D eigenvalue weighted by atomic mass is 10.1. The van der Waals surface area contributed by atoms with Crippen molar-refractivity contribution >= 4 is 23.4 Å². The van der Waals surface area contributed by atoms with Crippen LogP contribution in [0.15, 0.2) is 47.1 Å². The van der Waals surface area contributed by atoms with E-state index in [1.54, 1.807) is 51.1 Å². The second kappa shape index (κ2) is 7.80. The minimum Gasteiger partial charge on any atom is -0.459 e. The molecule has 29 heavy (non-hydrogen) atoms. The number of nitrogens with zero attached hydrogens (tertiary/aromatic N) is 4. The Morgan fingerprint density at radius 1 is 1.03 bits per heavy atom. The van der Waals surface area contributed by atoms with Crippen molar-refractivity contribution in [2.75, 3.05) is 37.6 Å². The summed E-state index contributed by atoms with van der Waals surface area (Å²) in [4.78, 5) is 42.7. The molecule has 0 saturated carbocycles. The van der Waals surface area contributed by atoms with Gasteiger partial charge in [-0.3, -0.25) is 14.4 Å². The van der Waals surface area contributed by atoms with E-state index in [9.17, 15) is 14.4 Å². The summed E-state index contributed by atoms with van der Waals surface area (Å²) in [6.45, 7) is 2.07. The van der Waals surface area contributed by atoms with Crippen LogP contribution in [0.5, 0.6) is 0 Å². The van der Waals surface area contributed by atoms with Crippen molar-refractivity contribution in [2.45, 2.75) is 6.42 Å². The zero-order valence-electron chi connectivity index (χ0n) is 15.8. The van der Waals surface area contributed by atoms with Crippen LogP contribution in [-0.4, -0.2) is 60.2 Å². The zero-order chi connectivity index (χ0) is 20.4. The Bertz CT molecular complexity index is 954. The van der Waals surface area contributed by atoms with Gasteiger partial charge in [0.05, 0.1) is 23.8 Å². The highest BCUT2D eigenvalue weighted by atomic mass is 16.3. The summed E-state index contributed by atoms with van der Waals surface area (Å²) in [5.41, 5.74) is 1.22. The van der Waals surface area contributed by atoms with Gasteiger partial charge in [0.15, 0.2) is 5.76 Å². The largest absolute Gasteiger partial charge is 0.459 e. The Morgan fingerprint density at radius 2 is 1.72 bits per heavy atom. The van der Waals surface area contributed by atoms with Crippen LogP contribution in [0.2, 0.25) is 0 Å². The average Bonchev–Trinajstić information content (AvgIpc) is 3.43. The van der Waals surface area contributed by atoms with Gasteiger partial charge in [-0.15, -0.1) is 0 Å². The van der Waals surface area contributed by atoms with Gasteiger partial charge in [0.25, 0.3) is 5.91 Å². The monoisotopic (exact) mass is 392 g/mol. The van der Waals surface area contributed by atoms with Crippen LogP contribution in [0.3, 0.4) is 0 Å². The normalized spacial score (nSPS) is 19.3. The number of furan rings is 1. The van der Waals surface area contributed by atoms with E-state index in [-0.39, 0.29) is 24.1 Å². The predicted molar refractivity (Wildman–Crippen MR) is 103 cm³/mol. The quantitative estimate of drug-likeness (QED) is 0.788. The van der Waals surface area contributed by atoms with Crippen molar-refractivity contribution in [3.8, 4) is 6.07 Å². The first-order chi connectivity index (χ1) is 14.1. The number of nitriles is 1. The van der Waals surface area contributed by atoms with E-state index in [4.69, 9.17) is 9.68 Å². The number of hydrogen-bond donors (Lipinski definition) is 0. The van der Waals surface area contributed by atoms with Gasteiger partial charge in [-0.1, -0.05) is 0 Å². The molecule has 3 amide bonds. The molecule has 1 aromatic carbocycles. The molecule has 2 saturated heterocycles. The first kappa shape index (κ1) is 18.7. The van der Waals surface area contributed by atoms with Crippen LogP contribution in [0.25, 0.3) is 0 Å². The summed E-state index contributed by atoms with van der Waals surface area (Å²) in [7, 11) is 0. The topological polar surface area (TPSA) is 97.9 Å². The molecule has 8 heteroatoms. The number of hydrogen-bond acceptors (Lipinski definition) is 5. The number of carbonyl (C=O) groups is 3. The minimum atomic E-state index is -0.398. The van der Waals surface area contributed by atoms with Crippen LogP contribution in [0, 0.1) is 17.2 Å². The van der Waals surface area contributed by atoms with Gasteiger partial charge in [0, 0.05) is 44.8 Å². The first-order valence-electron chi connectivity index (χ1n) is 9.49. The molecule has 2 aromatic rings. The molecule has 0 radical (unpaired) electrons. The summed E-state index contributed by atoms with van der Waals surface area (Å²) in [6.07, 6.45) is 1.63. The average molecular weight is 392 g/mol. The van der Waals surface area contributed by atoms with Crippen LogP contribution < -0.4 is 4.90 Å². The lowest BCUT2D eigenvalue weighted by Crippen LogP contribution is -2.52. The molecule has 1 aromatic heterocycles. The Hall–Kier alpha value is -3.60. The molecule has 2 aliphatic heterocycles. The molecule has 1 atom stereocenters. The number of rotatable bonds is 3. The van der Waals surface area contributed by atoms with Crippen LogP contribution >= 0.6 is 0 Å². The lowest BCUT2D eigenvalue weighted by Gasteiger charge is -2.35. The second-order valence-corrected chi connectivity index (χ2v) is 7.16. The molecule has 0 bridgehead atoms. The van der Waals surface area contributed by atoms with Gasteiger partial charge in [-0.05, 0) is 36.4 Å². The van der Waals surface area contributed by atoms with Crippen LogP contribution in [0.1, 0.15) is 22.5 Å². The Kier molecular flexibility index (Phi) is 5.04. The summed E-state index contributed by atoms with van der Waals surface area (Å²) >= 11 is 0. The van der Waals surface area contributed by atoms with Gasteiger partial charge in [-0.2, -0.15) is 5.26 Å². The molecule has 0 aliphatic carbocycles. The third-order valence-electron chi connectivity index (χ3n) is 5.39. The van der Waals surface area contributed by atoms with E-state index >= 15 is 0 Å². The number of carbonyl (C=O) groups excluding carboxylic acids is 3. The fourth-order valence-electron chi connectivity index (χ4n) is 3.78. The smallest absolute Gasteiger partial charge is 0.289 e. The molecule has 148 valence electrons. The Balaban J connectivity index is 1.35. The fourth-order valence-corrected chi connectivity index (χ4v) is 3.78. The Labute approximate surface area is 167 Å². The van der Waals surface area contributed by atoms with Crippen LogP contribution in [-0.2, 0) is 9.59 Å². The SMILES string of the molecule is N#Cc1ccc(N2CC(C(=O)N3CCN(C(=O)c4ccco4)CC3)CC2=O)cc1. The Morgan fingerprint density at radius 3 is 2.34 bits per heavy atom. The summed E-state index contributed by atoms with van der Waals surface area (Å²) in [5, 5.41) is 8.90. The van der Waals surface area contributed by atoms with Crippen LogP contribution in [0.4, 0.5) is 5.69 Å². The maximum atomic E-state index is 12.9. The van der Waals surface area contributed by atoms with Gasteiger partial charge in [-0.25, -0.2) is 0 Å². The van der Waals surface area contributed by atoms with Crippen molar-refractivity contribution in [3.63, 3.8) is 0 Å². The van der Waals surface area contributed by atoms with Crippen molar-refractivity contribution in [3.05, 3.63) is 54.0 Å². The maximum Gasteiger partial charge on any atom is 0.289 e. The molecule has 3 heterocycles. The molecule has 0 N–H and O–H groups in total. The molecule has 0 spiro atoms. The fraction of sp³-hybridized carbons (Fsp3) is 0.333. The van der Waals surface area contributed by atoms with E-state index in [1.165, 1.54) is 6.26 Å².